The van der Waals surface area contributed by atoms with Crippen molar-refractivity contribution in [1.82, 2.24) is 0 Å². The topological polar surface area (TPSA) is 60.4 Å². The van der Waals surface area contributed by atoms with Crippen LogP contribution in [-0.2, 0) is 19.4 Å². The van der Waals surface area contributed by atoms with Crippen LogP contribution < -0.4 is 0 Å². The van der Waals surface area contributed by atoms with Gasteiger partial charge >= 0.3 is 5.97 Å². The van der Waals surface area contributed by atoms with Crippen LogP contribution in [0.2, 0.25) is 0 Å². The fourth-order valence-electron chi connectivity index (χ4n) is 1.18. The molecule has 0 atom stereocenters. The van der Waals surface area contributed by atoms with Crippen molar-refractivity contribution in [1.29, 1.82) is 0 Å². The van der Waals surface area contributed by atoms with Crippen LogP contribution in [-0.4, -0.2) is 27.2 Å². The minimum absolute atomic E-state index is 0.217. The standard InChI is InChI=1S/C12H14O4S/c1-10-5-7-11(8-6-10)17(14,15)9-3-4-12(13)16-2/h3-8H,9H2,1-2H3/b4-3+. The minimum Gasteiger partial charge on any atom is -0.466 e. The maximum atomic E-state index is 11.8. The molecule has 0 bridgehead atoms. The van der Waals surface area contributed by atoms with Crippen LogP contribution in [0.15, 0.2) is 41.3 Å². The molecule has 0 aromatic heterocycles. The second-order valence-electron chi connectivity index (χ2n) is 3.52. The van der Waals surface area contributed by atoms with Crippen LogP contribution in [0.1, 0.15) is 5.56 Å². The Kier molecular flexibility index (Phi) is 4.45. The lowest BCUT2D eigenvalue weighted by atomic mass is 10.2. The fraction of sp³-hybridized carbons (Fsp3) is 0.250. The van der Waals surface area contributed by atoms with Gasteiger partial charge in [0.2, 0.25) is 0 Å². The molecule has 0 N–H and O–H groups in total. The molecular weight excluding hydrogens is 240 g/mol. The van der Waals surface area contributed by atoms with Gasteiger partial charge in [-0.15, -0.1) is 0 Å². The molecule has 1 aromatic carbocycles. The van der Waals surface area contributed by atoms with Crippen molar-refractivity contribution in [3.8, 4) is 0 Å². The van der Waals surface area contributed by atoms with E-state index >= 15 is 0 Å². The zero-order valence-electron chi connectivity index (χ0n) is 9.71. The van der Waals surface area contributed by atoms with E-state index in [4.69, 9.17) is 0 Å². The van der Waals surface area contributed by atoms with Crippen LogP contribution in [0.5, 0.6) is 0 Å². The molecule has 92 valence electrons. The van der Waals surface area contributed by atoms with Gasteiger partial charge in [0, 0.05) is 6.08 Å². The summed E-state index contributed by atoms with van der Waals surface area (Å²) in [4.78, 5) is 11.0. The number of carbonyl (C=O) groups excluding carboxylic acids is 1. The van der Waals surface area contributed by atoms with E-state index in [0.29, 0.717) is 0 Å². The van der Waals surface area contributed by atoms with Crippen LogP contribution in [0.4, 0.5) is 0 Å². The number of hydrogen-bond acceptors (Lipinski definition) is 4. The van der Waals surface area contributed by atoms with Gasteiger partial charge in [0.05, 0.1) is 17.8 Å². The molecule has 4 nitrogen and oxygen atoms in total. The monoisotopic (exact) mass is 254 g/mol. The Morgan fingerprint density at radius 1 is 1.29 bits per heavy atom. The summed E-state index contributed by atoms with van der Waals surface area (Å²) in [6, 6.07) is 6.57. The number of hydrogen-bond donors (Lipinski definition) is 0. The summed E-state index contributed by atoms with van der Waals surface area (Å²) in [7, 11) is -2.14. The Labute approximate surface area is 101 Å². The highest BCUT2D eigenvalue weighted by Crippen LogP contribution is 2.12. The molecule has 0 aliphatic rings. The third-order valence-electron chi connectivity index (χ3n) is 2.15. The van der Waals surface area contributed by atoms with Gasteiger partial charge in [0.15, 0.2) is 9.84 Å². The van der Waals surface area contributed by atoms with E-state index in [9.17, 15) is 13.2 Å². The maximum Gasteiger partial charge on any atom is 0.330 e. The van der Waals surface area contributed by atoms with Crippen LogP contribution in [0.25, 0.3) is 0 Å². The highest BCUT2D eigenvalue weighted by molar-refractivity contribution is 7.91. The second-order valence-corrected chi connectivity index (χ2v) is 5.55. The molecule has 0 aliphatic carbocycles. The lowest BCUT2D eigenvalue weighted by Gasteiger charge is -2.01. The summed E-state index contributed by atoms with van der Waals surface area (Å²) >= 11 is 0. The first-order chi connectivity index (χ1) is 7.95. The Bertz CT molecular complexity index is 512. The molecule has 1 rings (SSSR count). The van der Waals surface area contributed by atoms with E-state index in [1.807, 2.05) is 6.92 Å². The number of carbonyl (C=O) groups is 1. The molecule has 5 heteroatoms. The van der Waals surface area contributed by atoms with Crippen molar-refractivity contribution < 1.29 is 17.9 Å². The molecule has 0 aliphatic heterocycles. The third-order valence-corrected chi connectivity index (χ3v) is 3.77. The van der Waals surface area contributed by atoms with Crippen molar-refractivity contribution >= 4 is 15.8 Å². The maximum absolute atomic E-state index is 11.8. The summed E-state index contributed by atoms with van der Waals surface area (Å²) < 4.78 is 28.0. The highest BCUT2D eigenvalue weighted by Gasteiger charge is 2.11. The van der Waals surface area contributed by atoms with Gasteiger partial charge < -0.3 is 4.74 Å². The molecule has 0 unspecified atom stereocenters. The summed E-state index contributed by atoms with van der Waals surface area (Å²) in [5, 5.41) is 0. The average Bonchev–Trinajstić information content (AvgIpc) is 2.29. The molecule has 0 amide bonds. The fourth-order valence-corrected chi connectivity index (χ4v) is 2.27. The molecule has 0 saturated carbocycles. The van der Waals surface area contributed by atoms with E-state index < -0.39 is 15.8 Å². The molecule has 0 heterocycles. The Morgan fingerprint density at radius 3 is 2.41 bits per heavy atom. The first-order valence-corrected chi connectivity index (χ1v) is 6.65. The Balaban J connectivity index is 2.79. The molecule has 0 saturated heterocycles. The Morgan fingerprint density at radius 2 is 1.88 bits per heavy atom. The van der Waals surface area contributed by atoms with Gasteiger partial charge in [-0.05, 0) is 19.1 Å². The van der Waals surface area contributed by atoms with E-state index in [1.165, 1.54) is 13.2 Å². The van der Waals surface area contributed by atoms with E-state index in [1.54, 1.807) is 24.3 Å². The zero-order chi connectivity index (χ0) is 12.9. The number of aryl methyl sites for hydroxylation is 1. The van der Waals surface area contributed by atoms with Gasteiger partial charge in [0.1, 0.15) is 0 Å². The van der Waals surface area contributed by atoms with Gasteiger partial charge in [-0.3, -0.25) is 0 Å². The van der Waals surface area contributed by atoms with Gasteiger partial charge in [-0.2, -0.15) is 0 Å². The number of ether oxygens (including phenoxy) is 1. The number of esters is 1. The number of sulfone groups is 1. The molecule has 1 aromatic rings. The van der Waals surface area contributed by atoms with Crippen LogP contribution >= 0.6 is 0 Å². The number of rotatable bonds is 4. The normalized spacial score (nSPS) is 11.6. The van der Waals surface area contributed by atoms with Crippen molar-refractivity contribution in [2.24, 2.45) is 0 Å². The molecule has 17 heavy (non-hydrogen) atoms. The van der Waals surface area contributed by atoms with Crippen LogP contribution in [0, 0.1) is 6.92 Å². The lowest BCUT2D eigenvalue weighted by Crippen LogP contribution is -2.05. The Hall–Kier alpha value is -1.62. The molecular formula is C12H14O4S. The summed E-state index contributed by atoms with van der Waals surface area (Å²) in [6.45, 7) is 1.88. The average molecular weight is 254 g/mol. The van der Waals surface area contributed by atoms with Crippen molar-refractivity contribution in [2.45, 2.75) is 11.8 Å². The van der Waals surface area contributed by atoms with Gasteiger partial charge in [-0.1, -0.05) is 23.8 Å². The van der Waals surface area contributed by atoms with Gasteiger partial charge in [0.25, 0.3) is 0 Å². The highest BCUT2D eigenvalue weighted by atomic mass is 32.2. The van der Waals surface area contributed by atoms with Crippen molar-refractivity contribution in [3.05, 3.63) is 42.0 Å². The second kappa shape index (κ2) is 5.63. The van der Waals surface area contributed by atoms with E-state index in [-0.39, 0.29) is 10.6 Å². The first-order valence-electron chi connectivity index (χ1n) is 4.99. The van der Waals surface area contributed by atoms with E-state index in [2.05, 4.69) is 4.74 Å². The largest absolute Gasteiger partial charge is 0.466 e. The quantitative estimate of drug-likeness (QED) is 0.603. The predicted octanol–water partition coefficient (Wildman–Crippen LogP) is 1.50. The summed E-state index contributed by atoms with van der Waals surface area (Å²) in [5.74, 6) is -0.783. The third kappa shape index (κ3) is 4.03. The smallest absolute Gasteiger partial charge is 0.330 e. The minimum atomic E-state index is -3.38. The molecule has 0 radical (unpaired) electrons. The zero-order valence-corrected chi connectivity index (χ0v) is 10.5. The summed E-state index contributed by atoms with van der Waals surface area (Å²) in [6.07, 6.45) is 2.38. The van der Waals surface area contributed by atoms with Gasteiger partial charge in [-0.25, -0.2) is 13.2 Å². The molecule has 0 spiro atoms. The SMILES string of the molecule is COC(=O)/C=C/CS(=O)(=O)c1ccc(C)cc1. The molecule has 0 fully saturated rings. The number of methoxy groups -OCH3 is 1. The first kappa shape index (κ1) is 13.4. The number of benzene rings is 1. The predicted molar refractivity (Wildman–Crippen MR) is 64.4 cm³/mol. The van der Waals surface area contributed by atoms with Crippen LogP contribution in [0.3, 0.4) is 0 Å². The van der Waals surface area contributed by atoms with Crippen molar-refractivity contribution in [2.75, 3.05) is 12.9 Å². The van der Waals surface area contributed by atoms with Crippen molar-refractivity contribution in [3.63, 3.8) is 0 Å². The van der Waals surface area contributed by atoms with E-state index in [0.717, 1.165) is 11.6 Å². The summed E-state index contributed by atoms with van der Waals surface area (Å²) in [5.41, 5.74) is 0.994. The lowest BCUT2D eigenvalue weighted by molar-refractivity contribution is -0.134.